The van der Waals surface area contributed by atoms with Crippen molar-refractivity contribution in [1.29, 1.82) is 0 Å². The van der Waals surface area contributed by atoms with Crippen LogP contribution >= 0.6 is 0 Å². The van der Waals surface area contributed by atoms with Crippen LogP contribution in [0.15, 0.2) is 24.3 Å². The molecular weight excluding hydrogens is 158 g/mol. The van der Waals surface area contributed by atoms with Crippen LogP contribution in [-0.2, 0) is 0 Å². The smallest absolute Gasteiger partial charge is 0.00221 e. The van der Waals surface area contributed by atoms with E-state index in [9.17, 15) is 0 Å². The highest BCUT2D eigenvalue weighted by Gasteiger charge is 2.23. The van der Waals surface area contributed by atoms with Gasteiger partial charge in [0.15, 0.2) is 0 Å². The minimum absolute atomic E-state index is 0.612. The van der Waals surface area contributed by atoms with Crippen LogP contribution in [0.4, 0.5) is 0 Å². The summed E-state index contributed by atoms with van der Waals surface area (Å²) in [5.74, 6) is 1.40. The third-order valence-electron chi connectivity index (χ3n) is 3.00. The zero-order valence-corrected chi connectivity index (χ0v) is 8.63. The molecule has 0 bridgehead atoms. The van der Waals surface area contributed by atoms with Crippen molar-refractivity contribution in [2.24, 2.45) is 17.6 Å². The Morgan fingerprint density at radius 3 is 3.00 bits per heavy atom. The lowest BCUT2D eigenvalue weighted by Crippen LogP contribution is -2.08. The van der Waals surface area contributed by atoms with Gasteiger partial charge in [-0.2, -0.15) is 0 Å². The van der Waals surface area contributed by atoms with Crippen molar-refractivity contribution in [2.75, 3.05) is 6.54 Å². The SMILES string of the molecule is C=C[C@@H]1C=C(CC)C[C@@H]1CCCN. The first-order valence-corrected chi connectivity index (χ1v) is 5.34. The summed E-state index contributed by atoms with van der Waals surface area (Å²) < 4.78 is 0. The zero-order chi connectivity index (χ0) is 9.68. The van der Waals surface area contributed by atoms with Crippen molar-refractivity contribution in [3.8, 4) is 0 Å². The second-order valence-corrected chi connectivity index (χ2v) is 3.89. The molecule has 0 aromatic carbocycles. The summed E-state index contributed by atoms with van der Waals surface area (Å²) in [5, 5.41) is 0. The number of allylic oxidation sites excluding steroid dienone is 3. The molecule has 1 nitrogen and oxygen atoms in total. The fourth-order valence-corrected chi connectivity index (χ4v) is 2.15. The Morgan fingerprint density at radius 2 is 2.46 bits per heavy atom. The molecule has 0 saturated heterocycles. The van der Waals surface area contributed by atoms with Crippen LogP contribution in [0.1, 0.15) is 32.6 Å². The van der Waals surface area contributed by atoms with E-state index in [-0.39, 0.29) is 0 Å². The van der Waals surface area contributed by atoms with Gasteiger partial charge in [-0.25, -0.2) is 0 Å². The average molecular weight is 179 g/mol. The number of hydrogen-bond donors (Lipinski definition) is 1. The molecule has 0 aromatic rings. The van der Waals surface area contributed by atoms with Gasteiger partial charge in [0, 0.05) is 0 Å². The Hall–Kier alpha value is -0.560. The third kappa shape index (κ3) is 2.70. The van der Waals surface area contributed by atoms with Crippen molar-refractivity contribution in [2.45, 2.75) is 32.6 Å². The van der Waals surface area contributed by atoms with Gasteiger partial charge in [0.1, 0.15) is 0 Å². The first kappa shape index (κ1) is 10.5. The highest BCUT2D eigenvalue weighted by molar-refractivity contribution is 5.17. The average Bonchev–Trinajstić information content (AvgIpc) is 2.57. The molecule has 0 spiro atoms. The van der Waals surface area contributed by atoms with Gasteiger partial charge < -0.3 is 5.73 Å². The molecule has 0 amide bonds. The van der Waals surface area contributed by atoms with Crippen LogP contribution in [-0.4, -0.2) is 6.54 Å². The van der Waals surface area contributed by atoms with E-state index < -0.39 is 0 Å². The molecule has 0 unspecified atom stereocenters. The molecule has 0 saturated carbocycles. The first-order chi connectivity index (χ1) is 6.31. The predicted octanol–water partition coefficient (Wildman–Crippen LogP) is 2.88. The van der Waals surface area contributed by atoms with E-state index in [2.05, 4.69) is 25.7 Å². The molecule has 0 aromatic heterocycles. The molecular formula is C12H21N. The minimum atomic E-state index is 0.612. The second kappa shape index (κ2) is 5.23. The van der Waals surface area contributed by atoms with Crippen LogP contribution in [0.5, 0.6) is 0 Å². The van der Waals surface area contributed by atoms with Gasteiger partial charge in [-0.05, 0) is 44.1 Å². The molecule has 1 heteroatoms. The monoisotopic (exact) mass is 179 g/mol. The van der Waals surface area contributed by atoms with Crippen molar-refractivity contribution >= 4 is 0 Å². The van der Waals surface area contributed by atoms with Crippen molar-refractivity contribution in [3.63, 3.8) is 0 Å². The fraction of sp³-hybridized carbons (Fsp3) is 0.667. The Balaban J connectivity index is 2.45. The maximum atomic E-state index is 5.52. The molecule has 74 valence electrons. The highest BCUT2D eigenvalue weighted by Crippen LogP contribution is 2.35. The summed E-state index contributed by atoms with van der Waals surface area (Å²) >= 11 is 0. The summed E-state index contributed by atoms with van der Waals surface area (Å²) in [6, 6.07) is 0. The number of hydrogen-bond acceptors (Lipinski definition) is 1. The standard InChI is InChI=1S/C12H21N/c1-3-10-8-11(4-2)12(9-10)6-5-7-13/h4,8,11-12H,2-3,5-7,9,13H2,1H3/t11-,12+/m1/s1. The van der Waals surface area contributed by atoms with Crippen molar-refractivity contribution < 1.29 is 0 Å². The van der Waals surface area contributed by atoms with Gasteiger partial charge in [0.25, 0.3) is 0 Å². The Kier molecular flexibility index (Phi) is 4.23. The maximum Gasteiger partial charge on any atom is -0.00221 e. The predicted molar refractivity (Wildman–Crippen MR) is 58.5 cm³/mol. The lowest BCUT2D eigenvalue weighted by Gasteiger charge is -2.15. The number of nitrogens with two attached hydrogens (primary N) is 1. The van der Waals surface area contributed by atoms with Gasteiger partial charge in [-0.15, -0.1) is 6.58 Å². The van der Waals surface area contributed by atoms with E-state index in [1.807, 2.05) is 0 Å². The number of rotatable bonds is 5. The van der Waals surface area contributed by atoms with Crippen LogP contribution in [0, 0.1) is 11.8 Å². The van der Waals surface area contributed by atoms with Crippen LogP contribution in [0.2, 0.25) is 0 Å². The van der Waals surface area contributed by atoms with Crippen LogP contribution in [0.25, 0.3) is 0 Å². The topological polar surface area (TPSA) is 26.0 Å². The highest BCUT2D eigenvalue weighted by atomic mass is 14.5. The zero-order valence-electron chi connectivity index (χ0n) is 8.63. The van der Waals surface area contributed by atoms with E-state index in [1.54, 1.807) is 5.57 Å². The molecule has 1 aliphatic carbocycles. The molecule has 1 rings (SSSR count). The summed E-state index contributed by atoms with van der Waals surface area (Å²) in [7, 11) is 0. The van der Waals surface area contributed by atoms with Gasteiger partial charge >= 0.3 is 0 Å². The second-order valence-electron chi connectivity index (χ2n) is 3.89. The van der Waals surface area contributed by atoms with Gasteiger partial charge in [-0.3, -0.25) is 0 Å². The Bertz CT molecular complexity index is 193. The van der Waals surface area contributed by atoms with Crippen molar-refractivity contribution in [1.82, 2.24) is 0 Å². The molecule has 0 fully saturated rings. The lowest BCUT2D eigenvalue weighted by atomic mass is 9.90. The van der Waals surface area contributed by atoms with Gasteiger partial charge in [0.05, 0.1) is 0 Å². The Labute approximate surface area is 81.7 Å². The summed E-state index contributed by atoms with van der Waals surface area (Å²) in [4.78, 5) is 0. The quantitative estimate of drug-likeness (QED) is 0.645. The van der Waals surface area contributed by atoms with E-state index in [0.717, 1.165) is 18.9 Å². The molecule has 2 N–H and O–H groups in total. The summed E-state index contributed by atoms with van der Waals surface area (Å²) in [6.07, 6.45) is 9.36. The first-order valence-electron chi connectivity index (χ1n) is 5.34. The molecule has 0 heterocycles. The van der Waals surface area contributed by atoms with Crippen LogP contribution < -0.4 is 5.73 Å². The van der Waals surface area contributed by atoms with E-state index >= 15 is 0 Å². The molecule has 0 aliphatic heterocycles. The lowest BCUT2D eigenvalue weighted by molar-refractivity contribution is 0.434. The largest absolute Gasteiger partial charge is 0.330 e. The van der Waals surface area contributed by atoms with E-state index in [4.69, 9.17) is 5.73 Å². The maximum absolute atomic E-state index is 5.52. The third-order valence-corrected chi connectivity index (χ3v) is 3.00. The normalized spacial score (nSPS) is 27.4. The van der Waals surface area contributed by atoms with E-state index in [0.29, 0.717) is 5.92 Å². The molecule has 2 atom stereocenters. The minimum Gasteiger partial charge on any atom is -0.330 e. The van der Waals surface area contributed by atoms with Gasteiger partial charge in [-0.1, -0.05) is 24.6 Å². The summed E-state index contributed by atoms with van der Waals surface area (Å²) in [6.45, 7) is 6.95. The van der Waals surface area contributed by atoms with Crippen molar-refractivity contribution in [3.05, 3.63) is 24.3 Å². The molecule has 13 heavy (non-hydrogen) atoms. The van der Waals surface area contributed by atoms with E-state index in [1.165, 1.54) is 19.3 Å². The van der Waals surface area contributed by atoms with Gasteiger partial charge in [0.2, 0.25) is 0 Å². The van der Waals surface area contributed by atoms with Crippen LogP contribution in [0.3, 0.4) is 0 Å². The molecule has 0 radical (unpaired) electrons. The Morgan fingerprint density at radius 1 is 1.69 bits per heavy atom. The summed E-state index contributed by atoms with van der Waals surface area (Å²) in [5.41, 5.74) is 7.12. The fourth-order valence-electron chi connectivity index (χ4n) is 2.15. The molecule has 1 aliphatic rings.